The zero-order valence-electron chi connectivity index (χ0n) is 15.4. The van der Waals surface area contributed by atoms with E-state index in [9.17, 15) is 9.59 Å². The molecule has 0 radical (unpaired) electrons. The predicted octanol–water partition coefficient (Wildman–Crippen LogP) is 2.92. The molecule has 3 rings (SSSR count). The number of ether oxygens (including phenoxy) is 1. The largest absolute Gasteiger partial charge is 0.383 e. The number of aromatic nitrogens is 2. The first kappa shape index (κ1) is 19.6. The lowest BCUT2D eigenvalue weighted by Gasteiger charge is -2.13. The minimum Gasteiger partial charge on any atom is -0.383 e. The number of nitrogens with one attached hydrogen (secondary N) is 1. The van der Waals surface area contributed by atoms with Crippen molar-refractivity contribution in [2.24, 2.45) is 0 Å². The summed E-state index contributed by atoms with van der Waals surface area (Å²) in [6.45, 7) is 4.91. The number of hydrogen-bond acceptors (Lipinski definition) is 6. The van der Waals surface area contributed by atoms with Crippen molar-refractivity contribution in [3.63, 3.8) is 0 Å². The molecule has 0 unspecified atom stereocenters. The number of fused-ring (bicyclic) bond motifs is 1. The quantitative estimate of drug-likeness (QED) is 0.373. The van der Waals surface area contributed by atoms with Crippen molar-refractivity contribution in [3.05, 3.63) is 51.1 Å². The number of thiophene rings is 1. The van der Waals surface area contributed by atoms with Gasteiger partial charge in [-0.15, -0.1) is 11.3 Å². The number of rotatable bonds is 7. The van der Waals surface area contributed by atoms with Crippen LogP contribution in [0.4, 0.5) is 0 Å². The molecule has 3 aromatic rings. The Labute approximate surface area is 165 Å². The van der Waals surface area contributed by atoms with Gasteiger partial charge in [-0.3, -0.25) is 14.2 Å². The molecule has 0 saturated heterocycles. The molecule has 0 saturated carbocycles. The number of benzene rings is 1. The maximum Gasteiger partial charge on any atom is 0.276 e. The van der Waals surface area contributed by atoms with Gasteiger partial charge in [0.15, 0.2) is 5.16 Å². The smallest absolute Gasteiger partial charge is 0.276 e. The van der Waals surface area contributed by atoms with Gasteiger partial charge >= 0.3 is 0 Å². The molecule has 2 heterocycles. The average Bonchev–Trinajstić information content (AvgIpc) is 3.08. The van der Waals surface area contributed by atoms with E-state index in [-0.39, 0.29) is 17.2 Å². The third-order valence-corrected chi connectivity index (χ3v) is 5.70. The second-order valence-electron chi connectivity index (χ2n) is 6.15. The molecule has 142 valence electrons. The summed E-state index contributed by atoms with van der Waals surface area (Å²) in [5, 5.41) is 5.15. The van der Waals surface area contributed by atoms with E-state index in [0.717, 1.165) is 16.8 Å². The molecule has 27 heavy (non-hydrogen) atoms. The lowest BCUT2D eigenvalue weighted by atomic mass is 10.1. The Balaban J connectivity index is 1.98. The normalized spacial score (nSPS) is 11.1. The Morgan fingerprint density at radius 2 is 2.04 bits per heavy atom. The topological polar surface area (TPSA) is 73.2 Å². The maximum atomic E-state index is 13.1. The van der Waals surface area contributed by atoms with E-state index in [0.29, 0.717) is 28.5 Å². The van der Waals surface area contributed by atoms with Crippen molar-refractivity contribution in [3.8, 4) is 5.69 Å². The van der Waals surface area contributed by atoms with Gasteiger partial charge in [-0.1, -0.05) is 17.8 Å². The highest BCUT2D eigenvalue weighted by atomic mass is 32.2. The number of thioether (sulfide) groups is 1. The minimum atomic E-state index is -0.122. The van der Waals surface area contributed by atoms with Gasteiger partial charge in [0.05, 0.1) is 23.6 Å². The van der Waals surface area contributed by atoms with Gasteiger partial charge in [0, 0.05) is 13.7 Å². The molecular formula is C19H21N3O3S2. The Hall–Kier alpha value is -2.16. The predicted molar refractivity (Wildman–Crippen MR) is 110 cm³/mol. The second-order valence-corrected chi connectivity index (χ2v) is 8.01. The summed E-state index contributed by atoms with van der Waals surface area (Å²) in [6, 6.07) is 7.80. The molecule has 0 atom stereocenters. The number of aryl methyl sites for hydroxylation is 2. The van der Waals surface area contributed by atoms with Crippen LogP contribution in [0.1, 0.15) is 11.1 Å². The van der Waals surface area contributed by atoms with Crippen LogP contribution in [0.2, 0.25) is 0 Å². The first-order valence-corrected chi connectivity index (χ1v) is 10.3. The molecule has 1 aromatic carbocycles. The van der Waals surface area contributed by atoms with Crippen molar-refractivity contribution in [1.82, 2.24) is 14.9 Å². The number of carbonyl (C=O) groups excluding carboxylic acids is 1. The summed E-state index contributed by atoms with van der Waals surface area (Å²) in [5.74, 6) is 0.0556. The highest BCUT2D eigenvalue weighted by molar-refractivity contribution is 7.99. The van der Waals surface area contributed by atoms with Gasteiger partial charge in [-0.05, 0) is 48.6 Å². The molecule has 0 aliphatic rings. The molecular weight excluding hydrogens is 382 g/mol. The SMILES string of the molecule is COCCNC(=O)CSc1nc2ccsc2c(=O)n1-c1cc(C)cc(C)c1. The number of methoxy groups -OCH3 is 1. The summed E-state index contributed by atoms with van der Waals surface area (Å²) in [4.78, 5) is 29.8. The van der Waals surface area contributed by atoms with Crippen LogP contribution in [-0.2, 0) is 9.53 Å². The van der Waals surface area contributed by atoms with Crippen LogP contribution in [0.15, 0.2) is 39.6 Å². The van der Waals surface area contributed by atoms with Gasteiger partial charge in [-0.2, -0.15) is 0 Å². The van der Waals surface area contributed by atoms with E-state index < -0.39 is 0 Å². The molecule has 1 amide bonds. The molecule has 8 heteroatoms. The fourth-order valence-corrected chi connectivity index (χ4v) is 4.37. The second kappa shape index (κ2) is 8.69. The van der Waals surface area contributed by atoms with E-state index in [2.05, 4.69) is 16.4 Å². The Bertz CT molecular complexity index is 1010. The summed E-state index contributed by atoms with van der Waals surface area (Å²) in [6.07, 6.45) is 0. The molecule has 1 N–H and O–H groups in total. The Kier molecular flexibility index (Phi) is 6.30. The van der Waals surface area contributed by atoms with E-state index >= 15 is 0 Å². The summed E-state index contributed by atoms with van der Waals surface area (Å²) < 4.78 is 7.15. The zero-order chi connectivity index (χ0) is 19.4. The van der Waals surface area contributed by atoms with Crippen LogP contribution in [-0.4, -0.2) is 41.5 Å². The van der Waals surface area contributed by atoms with E-state index in [1.54, 1.807) is 11.7 Å². The molecule has 6 nitrogen and oxygen atoms in total. The summed E-state index contributed by atoms with van der Waals surface area (Å²) in [7, 11) is 1.59. The van der Waals surface area contributed by atoms with Crippen molar-refractivity contribution in [2.75, 3.05) is 26.0 Å². The molecule has 2 aromatic heterocycles. The van der Waals surface area contributed by atoms with Gasteiger partial charge in [0.25, 0.3) is 5.56 Å². The Morgan fingerprint density at radius 1 is 1.30 bits per heavy atom. The van der Waals surface area contributed by atoms with Crippen molar-refractivity contribution < 1.29 is 9.53 Å². The molecule has 0 bridgehead atoms. The number of hydrogen-bond donors (Lipinski definition) is 1. The van der Waals surface area contributed by atoms with Crippen LogP contribution in [0.5, 0.6) is 0 Å². The zero-order valence-corrected chi connectivity index (χ0v) is 17.1. The van der Waals surface area contributed by atoms with Crippen molar-refractivity contribution in [2.45, 2.75) is 19.0 Å². The van der Waals surface area contributed by atoms with E-state index in [1.807, 2.05) is 37.4 Å². The summed E-state index contributed by atoms with van der Waals surface area (Å²) in [5.41, 5.74) is 3.45. The first-order valence-electron chi connectivity index (χ1n) is 8.47. The third-order valence-electron chi connectivity index (χ3n) is 3.87. The lowest BCUT2D eigenvalue weighted by molar-refractivity contribution is -0.118. The maximum absolute atomic E-state index is 13.1. The highest BCUT2D eigenvalue weighted by Crippen LogP contribution is 2.24. The molecule has 0 spiro atoms. The standard InChI is InChI=1S/C19H21N3O3S2/c1-12-8-13(2)10-14(9-12)22-18(24)17-15(4-7-26-17)21-19(22)27-11-16(23)20-5-6-25-3/h4,7-10H,5-6,11H2,1-3H3,(H,20,23). The van der Waals surface area contributed by atoms with Crippen molar-refractivity contribution >= 4 is 39.2 Å². The van der Waals surface area contributed by atoms with Crippen molar-refractivity contribution in [1.29, 1.82) is 0 Å². The van der Waals surface area contributed by atoms with Crippen LogP contribution in [0.25, 0.3) is 15.9 Å². The van der Waals surface area contributed by atoms with Gasteiger partial charge in [0.1, 0.15) is 4.70 Å². The lowest BCUT2D eigenvalue weighted by Crippen LogP contribution is -2.29. The third kappa shape index (κ3) is 4.58. The Morgan fingerprint density at radius 3 is 2.74 bits per heavy atom. The molecule has 0 aliphatic carbocycles. The van der Waals surface area contributed by atoms with Gasteiger partial charge in [0.2, 0.25) is 5.91 Å². The minimum absolute atomic E-state index is 0.109. The fourth-order valence-electron chi connectivity index (χ4n) is 2.77. The molecule has 0 fully saturated rings. The van der Waals surface area contributed by atoms with Crippen LogP contribution < -0.4 is 10.9 Å². The van der Waals surface area contributed by atoms with Crippen LogP contribution >= 0.6 is 23.1 Å². The molecule has 0 aliphatic heterocycles. The summed E-state index contributed by atoms with van der Waals surface area (Å²) >= 11 is 2.64. The van der Waals surface area contributed by atoms with E-state index in [4.69, 9.17) is 4.74 Å². The number of carbonyl (C=O) groups is 1. The van der Waals surface area contributed by atoms with Crippen LogP contribution in [0, 0.1) is 13.8 Å². The average molecular weight is 404 g/mol. The highest BCUT2D eigenvalue weighted by Gasteiger charge is 2.16. The van der Waals surface area contributed by atoms with Crippen LogP contribution in [0.3, 0.4) is 0 Å². The first-order chi connectivity index (χ1) is 13.0. The monoisotopic (exact) mass is 403 g/mol. The van der Waals surface area contributed by atoms with E-state index in [1.165, 1.54) is 23.1 Å². The number of amides is 1. The fraction of sp³-hybridized carbons (Fsp3) is 0.316. The van der Waals surface area contributed by atoms with Gasteiger partial charge < -0.3 is 10.1 Å². The van der Waals surface area contributed by atoms with Gasteiger partial charge in [-0.25, -0.2) is 4.98 Å². The number of nitrogens with zero attached hydrogens (tertiary/aromatic N) is 2.